The van der Waals surface area contributed by atoms with Crippen molar-refractivity contribution in [3.63, 3.8) is 0 Å². The Morgan fingerprint density at radius 1 is 1.44 bits per heavy atom. The van der Waals surface area contributed by atoms with Crippen LogP contribution in [0.3, 0.4) is 0 Å². The summed E-state index contributed by atoms with van der Waals surface area (Å²) in [5.41, 5.74) is 5.49. The Bertz CT molecular complexity index is 624. The normalized spacial score (nSPS) is 26.0. The second kappa shape index (κ2) is 7.25. The molecule has 0 bridgehead atoms. The number of hydrogen-bond donors (Lipinski definition) is 2. The highest BCUT2D eigenvalue weighted by atomic mass is 19.3. The topological polar surface area (TPSA) is 73.6 Å². The van der Waals surface area contributed by atoms with E-state index in [-0.39, 0.29) is 17.8 Å². The summed E-state index contributed by atoms with van der Waals surface area (Å²) in [6.07, 6.45) is 0.382. The van der Waals surface area contributed by atoms with Crippen LogP contribution < -0.4 is 15.8 Å². The predicted molar refractivity (Wildman–Crippen MR) is 90.4 cm³/mol. The molecule has 25 heavy (non-hydrogen) atoms. The number of benzene rings is 1. The largest absolute Gasteiger partial charge is 0.435 e. The van der Waals surface area contributed by atoms with Crippen LogP contribution in [0.5, 0.6) is 5.75 Å². The number of ether oxygens (including phenoxy) is 2. The Balaban J connectivity index is 2.06. The van der Waals surface area contributed by atoms with E-state index in [2.05, 4.69) is 10.1 Å². The van der Waals surface area contributed by atoms with E-state index < -0.39 is 23.6 Å². The van der Waals surface area contributed by atoms with Gasteiger partial charge < -0.3 is 20.5 Å². The van der Waals surface area contributed by atoms with Crippen molar-refractivity contribution in [3.8, 4) is 5.75 Å². The Morgan fingerprint density at radius 2 is 2.12 bits per heavy atom. The molecule has 1 amide bonds. The Morgan fingerprint density at radius 3 is 2.68 bits per heavy atom. The SMILES string of the molecule is CCOC1CC(N)(C(=O)NC(C)c2cccc(OC(F)F)c2)C1(C)C. The van der Waals surface area contributed by atoms with E-state index in [4.69, 9.17) is 10.5 Å². The summed E-state index contributed by atoms with van der Waals surface area (Å²) in [6, 6.07) is 5.87. The van der Waals surface area contributed by atoms with Gasteiger partial charge in [0.25, 0.3) is 0 Å². The molecule has 1 saturated carbocycles. The lowest BCUT2D eigenvalue weighted by atomic mass is 9.54. The number of hydrogen-bond acceptors (Lipinski definition) is 4. The molecule has 1 aliphatic carbocycles. The summed E-state index contributed by atoms with van der Waals surface area (Å²) in [6.45, 7) is 5.19. The van der Waals surface area contributed by atoms with Crippen molar-refractivity contribution in [1.29, 1.82) is 0 Å². The number of amides is 1. The van der Waals surface area contributed by atoms with Crippen molar-refractivity contribution in [2.24, 2.45) is 11.1 Å². The molecule has 1 fully saturated rings. The molecule has 0 radical (unpaired) electrons. The molecule has 3 N–H and O–H groups in total. The van der Waals surface area contributed by atoms with Gasteiger partial charge in [0, 0.05) is 18.4 Å². The molecule has 0 spiro atoms. The first-order valence-electron chi connectivity index (χ1n) is 8.38. The molecule has 3 atom stereocenters. The van der Waals surface area contributed by atoms with Crippen molar-refractivity contribution in [3.05, 3.63) is 29.8 Å². The number of nitrogens with two attached hydrogens (primary N) is 1. The molecular weight excluding hydrogens is 330 g/mol. The minimum atomic E-state index is -2.89. The Hall–Kier alpha value is -1.73. The lowest BCUT2D eigenvalue weighted by Crippen LogP contribution is -2.75. The quantitative estimate of drug-likeness (QED) is 0.788. The highest BCUT2D eigenvalue weighted by Gasteiger charge is 2.62. The lowest BCUT2D eigenvalue weighted by Gasteiger charge is -2.57. The van der Waals surface area contributed by atoms with Gasteiger partial charge in [-0.15, -0.1) is 0 Å². The van der Waals surface area contributed by atoms with Crippen LogP contribution in [0, 0.1) is 5.41 Å². The van der Waals surface area contributed by atoms with Gasteiger partial charge in [0.2, 0.25) is 5.91 Å². The maximum absolute atomic E-state index is 12.7. The van der Waals surface area contributed by atoms with Crippen LogP contribution in [0.2, 0.25) is 0 Å². The molecule has 7 heteroatoms. The van der Waals surface area contributed by atoms with Crippen molar-refractivity contribution in [1.82, 2.24) is 5.32 Å². The van der Waals surface area contributed by atoms with Crippen LogP contribution in [-0.2, 0) is 9.53 Å². The Labute approximate surface area is 146 Å². The van der Waals surface area contributed by atoms with Crippen molar-refractivity contribution in [2.75, 3.05) is 6.61 Å². The smallest absolute Gasteiger partial charge is 0.387 e. The number of carbonyl (C=O) groups is 1. The van der Waals surface area contributed by atoms with Gasteiger partial charge in [-0.3, -0.25) is 4.79 Å². The molecule has 140 valence electrons. The molecule has 1 aromatic carbocycles. The minimum Gasteiger partial charge on any atom is -0.435 e. The number of halogens is 2. The first-order valence-corrected chi connectivity index (χ1v) is 8.38. The molecule has 1 aromatic rings. The Kier molecular flexibility index (Phi) is 5.68. The standard InChI is InChI=1S/C18H26F2N2O3/c1-5-24-14-10-18(21,17(14,3)4)15(23)22-11(2)12-7-6-8-13(9-12)25-16(19)20/h6-9,11,14,16H,5,10,21H2,1-4H3,(H,22,23). The summed E-state index contributed by atoms with van der Waals surface area (Å²) < 4.78 is 34.7. The predicted octanol–water partition coefficient (Wildman–Crippen LogP) is 3.00. The van der Waals surface area contributed by atoms with Crippen LogP contribution in [0.25, 0.3) is 0 Å². The van der Waals surface area contributed by atoms with Crippen LogP contribution in [0.4, 0.5) is 8.78 Å². The van der Waals surface area contributed by atoms with Crippen molar-refractivity contribution >= 4 is 5.91 Å². The fourth-order valence-corrected chi connectivity index (χ4v) is 3.19. The summed E-state index contributed by atoms with van der Waals surface area (Å²) in [7, 11) is 0. The minimum absolute atomic E-state index is 0.0523. The highest BCUT2D eigenvalue weighted by molar-refractivity contribution is 5.89. The average Bonchev–Trinajstić information content (AvgIpc) is 2.53. The van der Waals surface area contributed by atoms with Gasteiger partial charge in [-0.1, -0.05) is 26.0 Å². The third-order valence-corrected chi connectivity index (χ3v) is 5.17. The second-order valence-electron chi connectivity index (χ2n) is 6.99. The van der Waals surface area contributed by atoms with Gasteiger partial charge in [-0.25, -0.2) is 0 Å². The van der Waals surface area contributed by atoms with Gasteiger partial charge in [-0.05, 0) is 31.5 Å². The fraction of sp³-hybridized carbons (Fsp3) is 0.611. The molecule has 0 aliphatic heterocycles. The summed E-state index contributed by atoms with van der Waals surface area (Å²) in [4.78, 5) is 12.7. The zero-order valence-corrected chi connectivity index (χ0v) is 15.0. The fourth-order valence-electron chi connectivity index (χ4n) is 3.19. The van der Waals surface area contributed by atoms with E-state index in [0.29, 0.717) is 18.6 Å². The van der Waals surface area contributed by atoms with Crippen molar-refractivity contribution < 1.29 is 23.0 Å². The van der Waals surface area contributed by atoms with E-state index in [1.165, 1.54) is 12.1 Å². The first-order chi connectivity index (χ1) is 11.6. The van der Waals surface area contributed by atoms with Gasteiger partial charge in [0.05, 0.1) is 12.1 Å². The second-order valence-corrected chi connectivity index (χ2v) is 6.99. The van der Waals surface area contributed by atoms with E-state index in [9.17, 15) is 13.6 Å². The van der Waals surface area contributed by atoms with Gasteiger partial charge in [0.1, 0.15) is 11.3 Å². The third-order valence-electron chi connectivity index (χ3n) is 5.17. The van der Waals surface area contributed by atoms with E-state index in [1.807, 2.05) is 20.8 Å². The molecular formula is C18H26F2N2O3. The first kappa shape index (κ1) is 19.6. The van der Waals surface area contributed by atoms with Crippen LogP contribution in [0.15, 0.2) is 24.3 Å². The number of rotatable bonds is 7. The zero-order valence-electron chi connectivity index (χ0n) is 15.0. The van der Waals surface area contributed by atoms with Crippen LogP contribution in [0.1, 0.15) is 45.7 Å². The number of nitrogens with one attached hydrogen (secondary N) is 1. The molecule has 3 unspecified atom stereocenters. The monoisotopic (exact) mass is 356 g/mol. The maximum atomic E-state index is 12.7. The molecule has 0 heterocycles. The molecule has 1 aliphatic rings. The molecule has 0 aromatic heterocycles. The van der Waals surface area contributed by atoms with Crippen LogP contribution >= 0.6 is 0 Å². The average molecular weight is 356 g/mol. The van der Waals surface area contributed by atoms with Crippen molar-refractivity contribution in [2.45, 2.75) is 58.4 Å². The number of carbonyl (C=O) groups excluding carboxylic acids is 1. The third kappa shape index (κ3) is 3.77. The van der Waals surface area contributed by atoms with E-state index in [1.54, 1.807) is 19.1 Å². The van der Waals surface area contributed by atoms with E-state index >= 15 is 0 Å². The van der Waals surface area contributed by atoms with E-state index in [0.717, 1.165) is 0 Å². The summed E-state index contributed by atoms with van der Waals surface area (Å²) in [5, 5.41) is 2.87. The van der Waals surface area contributed by atoms with Gasteiger partial charge >= 0.3 is 6.61 Å². The van der Waals surface area contributed by atoms with Gasteiger partial charge in [-0.2, -0.15) is 8.78 Å². The van der Waals surface area contributed by atoms with Gasteiger partial charge in [0.15, 0.2) is 0 Å². The highest BCUT2D eigenvalue weighted by Crippen LogP contribution is 2.50. The summed E-state index contributed by atoms with van der Waals surface area (Å²) >= 11 is 0. The molecule has 2 rings (SSSR count). The molecule has 5 nitrogen and oxygen atoms in total. The van der Waals surface area contributed by atoms with Crippen LogP contribution in [-0.4, -0.2) is 30.8 Å². The lowest BCUT2D eigenvalue weighted by molar-refractivity contribution is -0.171. The zero-order chi connectivity index (χ0) is 18.8. The number of alkyl halides is 2. The maximum Gasteiger partial charge on any atom is 0.387 e. The summed E-state index contributed by atoms with van der Waals surface area (Å²) in [5.74, 6) is -0.224. The molecule has 0 saturated heterocycles.